The van der Waals surface area contributed by atoms with E-state index in [0.717, 1.165) is 34.0 Å². The van der Waals surface area contributed by atoms with Gasteiger partial charge < -0.3 is 5.32 Å². The summed E-state index contributed by atoms with van der Waals surface area (Å²) >= 11 is 2.90. The SMILES string of the molecule is O=C(NCc1ccccc1Cn1cccn1)c1sccc1S(=O)(=O)N1CCSCC1. The van der Waals surface area contributed by atoms with Crippen molar-refractivity contribution < 1.29 is 13.2 Å². The molecule has 7 nitrogen and oxygen atoms in total. The molecule has 1 aromatic carbocycles. The van der Waals surface area contributed by atoms with Gasteiger partial charge in [0.1, 0.15) is 9.77 Å². The number of carbonyl (C=O) groups excluding carboxylic acids is 1. The smallest absolute Gasteiger partial charge is 0.263 e. The van der Waals surface area contributed by atoms with E-state index in [4.69, 9.17) is 0 Å². The van der Waals surface area contributed by atoms with E-state index in [-0.39, 0.29) is 15.7 Å². The molecule has 1 N–H and O–H groups in total. The highest BCUT2D eigenvalue weighted by atomic mass is 32.2. The average Bonchev–Trinajstić information content (AvgIpc) is 3.46. The van der Waals surface area contributed by atoms with Gasteiger partial charge in [-0.25, -0.2) is 8.42 Å². The van der Waals surface area contributed by atoms with E-state index in [0.29, 0.717) is 26.2 Å². The normalized spacial score (nSPS) is 15.2. The van der Waals surface area contributed by atoms with Crippen molar-refractivity contribution in [3.63, 3.8) is 0 Å². The molecule has 2 aromatic heterocycles. The number of carbonyl (C=O) groups is 1. The van der Waals surface area contributed by atoms with Gasteiger partial charge in [-0.05, 0) is 28.6 Å². The molecule has 0 saturated carbocycles. The molecule has 3 aromatic rings. The molecule has 0 spiro atoms. The highest BCUT2D eigenvalue weighted by Crippen LogP contribution is 2.27. The summed E-state index contributed by atoms with van der Waals surface area (Å²) in [5.41, 5.74) is 2.02. The number of nitrogens with zero attached hydrogens (tertiary/aromatic N) is 3. The molecule has 0 bridgehead atoms. The Hall–Kier alpha value is -2.14. The fourth-order valence-corrected chi connectivity index (χ4v) is 7.19. The third-order valence-corrected chi connectivity index (χ3v) is 8.80. The molecule has 1 aliphatic heterocycles. The second kappa shape index (κ2) is 9.34. The molecule has 158 valence electrons. The lowest BCUT2D eigenvalue weighted by atomic mass is 10.1. The number of nitrogens with one attached hydrogen (secondary N) is 1. The first-order valence-electron chi connectivity index (χ1n) is 9.53. The van der Waals surface area contributed by atoms with Crippen LogP contribution in [-0.4, -0.2) is 53.0 Å². The molecule has 0 atom stereocenters. The van der Waals surface area contributed by atoms with Crippen LogP contribution in [0.25, 0.3) is 0 Å². The zero-order valence-electron chi connectivity index (χ0n) is 16.2. The maximum absolute atomic E-state index is 13.0. The van der Waals surface area contributed by atoms with Crippen molar-refractivity contribution in [3.8, 4) is 0 Å². The van der Waals surface area contributed by atoms with Crippen LogP contribution in [0.1, 0.15) is 20.8 Å². The summed E-state index contributed by atoms with van der Waals surface area (Å²) in [7, 11) is -3.66. The largest absolute Gasteiger partial charge is 0.347 e. The molecule has 3 heterocycles. The quantitative estimate of drug-likeness (QED) is 0.584. The van der Waals surface area contributed by atoms with Crippen molar-refractivity contribution in [3.05, 3.63) is 70.2 Å². The summed E-state index contributed by atoms with van der Waals surface area (Å²) in [5.74, 6) is 1.18. The van der Waals surface area contributed by atoms with Crippen molar-refractivity contribution in [1.29, 1.82) is 0 Å². The van der Waals surface area contributed by atoms with Gasteiger partial charge in [-0.15, -0.1) is 11.3 Å². The van der Waals surface area contributed by atoms with Crippen LogP contribution in [0.15, 0.2) is 59.1 Å². The van der Waals surface area contributed by atoms with Gasteiger partial charge in [0.2, 0.25) is 10.0 Å². The van der Waals surface area contributed by atoms with E-state index in [1.54, 1.807) is 23.3 Å². The predicted octanol–water partition coefficient (Wildman–Crippen LogP) is 2.66. The molecule has 1 aliphatic rings. The average molecular weight is 463 g/mol. The van der Waals surface area contributed by atoms with Crippen molar-refractivity contribution in [2.75, 3.05) is 24.6 Å². The van der Waals surface area contributed by atoms with Crippen LogP contribution in [0.2, 0.25) is 0 Å². The Labute approximate surface area is 184 Å². The van der Waals surface area contributed by atoms with Crippen LogP contribution in [0, 0.1) is 0 Å². The predicted molar refractivity (Wildman–Crippen MR) is 119 cm³/mol. The number of rotatable bonds is 7. The van der Waals surface area contributed by atoms with Gasteiger partial charge in [-0.2, -0.15) is 21.2 Å². The number of aromatic nitrogens is 2. The lowest BCUT2D eigenvalue weighted by molar-refractivity contribution is 0.0951. The molecule has 0 aliphatic carbocycles. The van der Waals surface area contributed by atoms with Gasteiger partial charge in [-0.1, -0.05) is 24.3 Å². The lowest BCUT2D eigenvalue weighted by Gasteiger charge is -2.25. The van der Waals surface area contributed by atoms with Crippen molar-refractivity contribution in [2.24, 2.45) is 0 Å². The Morgan fingerprint density at radius 3 is 2.60 bits per heavy atom. The summed E-state index contributed by atoms with van der Waals surface area (Å²) in [6, 6.07) is 11.2. The standard InChI is InChI=1S/C20H22N4O3S3/c25-20(19-18(6-11-29-19)30(26,27)24-9-12-28-13-10-24)21-14-16-4-1-2-5-17(16)15-23-8-3-7-22-23/h1-8,11H,9-10,12-15H2,(H,21,25). The highest BCUT2D eigenvalue weighted by Gasteiger charge is 2.31. The van der Waals surface area contributed by atoms with E-state index in [1.165, 1.54) is 10.4 Å². The van der Waals surface area contributed by atoms with Gasteiger partial charge in [0.25, 0.3) is 5.91 Å². The van der Waals surface area contributed by atoms with Gasteiger partial charge in [0, 0.05) is 43.5 Å². The second-order valence-electron chi connectivity index (χ2n) is 6.79. The zero-order chi connectivity index (χ0) is 21.0. The van der Waals surface area contributed by atoms with Crippen LogP contribution in [0.5, 0.6) is 0 Å². The number of hydrogen-bond acceptors (Lipinski definition) is 6. The first-order valence-corrected chi connectivity index (χ1v) is 13.0. The van der Waals surface area contributed by atoms with Gasteiger partial charge in [0.05, 0.1) is 6.54 Å². The van der Waals surface area contributed by atoms with E-state index in [9.17, 15) is 13.2 Å². The molecule has 0 radical (unpaired) electrons. The monoisotopic (exact) mass is 462 g/mol. The third-order valence-electron chi connectivity index (χ3n) is 4.87. The molecular formula is C20H22N4O3S3. The fourth-order valence-electron chi connectivity index (χ4n) is 3.30. The maximum Gasteiger partial charge on any atom is 0.263 e. The molecule has 1 amide bonds. The number of sulfonamides is 1. The van der Waals surface area contributed by atoms with Gasteiger partial charge in [-0.3, -0.25) is 9.48 Å². The fraction of sp³-hybridized carbons (Fsp3) is 0.300. The van der Waals surface area contributed by atoms with E-state index in [2.05, 4.69) is 10.4 Å². The summed E-state index contributed by atoms with van der Waals surface area (Å²) in [6.07, 6.45) is 3.61. The minimum atomic E-state index is -3.66. The molecule has 30 heavy (non-hydrogen) atoms. The Bertz CT molecular complexity index is 1100. The van der Waals surface area contributed by atoms with Crippen molar-refractivity contribution in [2.45, 2.75) is 18.0 Å². The Morgan fingerprint density at radius 2 is 1.87 bits per heavy atom. The van der Waals surface area contributed by atoms with E-state index < -0.39 is 10.0 Å². The molecule has 0 unspecified atom stereocenters. The second-order valence-corrected chi connectivity index (χ2v) is 10.8. The number of thioether (sulfide) groups is 1. The van der Waals surface area contributed by atoms with Crippen LogP contribution in [-0.2, 0) is 23.1 Å². The Kier molecular flexibility index (Phi) is 6.57. The van der Waals surface area contributed by atoms with Gasteiger partial charge >= 0.3 is 0 Å². The maximum atomic E-state index is 13.0. The highest BCUT2D eigenvalue weighted by molar-refractivity contribution is 7.99. The van der Waals surface area contributed by atoms with Crippen molar-refractivity contribution >= 4 is 39.0 Å². The molecule has 1 saturated heterocycles. The first-order chi connectivity index (χ1) is 14.6. The number of amides is 1. The minimum Gasteiger partial charge on any atom is -0.347 e. The van der Waals surface area contributed by atoms with Crippen LogP contribution >= 0.6 is 23.1 Å². The molecule has 1 fully saturated rings. The van der Waals surface area contributed by atoms with Crippen LogP contribution in [0.4, 0.5) is 0 Å². The third kappa shape index (κ3) is 4.61. The summed E-state index contributed by atoms with van der Waals surface area (Å²) < 4.78 is 29.3. The molecule has 4 rings (SSSR count). The number of benzene rings is 1. The molecule has 10 heteroatoms. The Morgan fingerprint density at radius 1 is 1.10 bits per heavy atom. The lowest BCUT2D eigenvalue weighted by Crippen LogP contribution is -2.38. The number of thiophene rings is 1. The van der Waals surface area contributed by atoms with Gasteiger partial charge in [0.15, 0.2) is 0 Å². The van der Waals surface area contributed by atoms with E-state index in [1.807, 2.05) is 41.2 Å². The molecular weight excluding hydrogens is 440 g/mol. The van der Waals surface area contributed by atoms with Crippen LogP contribution in [0.3, 0.4) is 0 Å². The summed E-state index contributed by atoms with van der Waals surface area (Å²) in [6.45, 7) is 1.87. The number of hydrogen-bond donors (Lipinski definition) is 1. The summed E-state index contributed by atoms with van der Waals surface area (Å²) in [4.78, 5) is 13.2. The first kappa shape index (κ1) is 21.1. The summed E-state index contributed by atoms with van der Waals surface area (Å²) in [5, 5.41) is 8.78. The minimum absolute atomic E-state index is 0.0988. The van der Waals surface area contributed by atoms with E-state index >= 15 is 0 Å². The van der Waals surface area contributed by atoms with Crippen molar-refractivity contribution in [1.82, 2.24) is 19.4 Å². The van der Waals surface area contributed by atoms with Crippen LogP contribution < -0.4 is 5.32 Å². The zero-order valence-corrected chi connectivity index (χ0v) is 18.7. The topological polar surface area (TPSA) is 84.3 Å². The Balaban J connectivity index is 1.48.